The summed E-state index contributed by atoms with van der Waals surface area (Å²) < 4.78 is 2.73. The molecular formula is C13H8BrClN2OS2. The van der Waals surface area contributed by atoms with Crippen LogP contribution in [0, 0.1) is 0 Å². The molecule has 1 aromatic carbocycles. The van der Waals surface area contributed by atoms with Crippen LogP contribution in [0.5, 0.6) is 0 Å². The lowest BCUT2D eigenvalue weighted by atomic mass is 10.3. The number of aromatic nitrogens is 1. The second kappa shape index (κ2) is 5.81. The minimum absolute atomic E-state index is 0.0818. The van der Waals surface area contributed by atoms with Gasteiger partial charge in [-0.3, -0.25) is 4.79 Å². The van der Waals surface area contributed by atoms with Crippen molar-refractivity contribution in [3.8, 4) is 0 Å². The lowest BCUT2D eigenvalue weighted by Crippen LogP contribution is -2.13. The van der Waals surface area contributed by atoms with E-state index < -0.39 is 0 Å². The predicted octanol–water partition coefficient (Wildman–Crippen LogP) is 4.95. The van der Waals surface area contributed by atoms with Crippen LogP contribution >= 0.6 is 50.2 Å². The van der Waals surface area contributed by atoms with Crippen molar-refractivity contribution in [3.05, 3.63) is 44.0 Å². The Morgan fingerprint density at radius 1 is 1.30 bits per heavy atom. The molecular weight excluding hydrogens is 380 g/mol. The Labute approximate surface area is 136 Å². The van der Waals surface area contributed by atoms with E-state index in [-0.39, 0.29) is 5.91 Å². The van der Waals surface area contributed by atoms with E-state index >= 15 is 0 Å². The highest BCUT2D eigenvalue weighted by atomic mass is 79.9. The zero-order valence-electron chi connectivity index (χ0n) is 10.0. The number of thiophene rings is 1. The Hall–Kier alpha value is -0.950. The van der Waals surface area contributed by atoms with Crippen LogP contribution < -0.4 is 5.32 Å². The molecule has 3 aromatic rings. The molecule has 1 amide bonds. The fraction of sp³-hybridized carbons (Fsp3) is 0.0769. The summed E-state index contributed by atoms with van der Waals surface area (Å²) in [6.45, 7) is 0. The lowest BCUT2D eigenvalue weighted by molar-refractivity contribution is -0.115. The van der Waals surface area contributed by atoms with Crippen molar-refractivity contribution < 1.29 is 4.79 Å². The number of hydrogen-bond acceptors (Lipinski definition) is 4. The Balaban J connectivity index is 1.73. The first-order valence-corrected chi connectivity index (χ1v) is 8.51. The van der Waals surface area contributed by atoms with Gasteiger partial charge in [-0.05, 0) is 30.3 Å². The third kappa shape index (κ3) is 3.20. The van der Waals surface area contributed by atoms with Crippen LogP contribution in [0.4, 0.5) is 5.13 Å². The maximum absolute atomic E-state index is 11.9. The number of nitrogens with one attached hydrogen (secondary N) is 1. The number of benzene rings is 1. The van der Waals surface area contributed by atoms with Crippen LogP contribution in [0.2, 0.25) is 4.34 Å². The van der Waals surface area contributed by atoms with Crippen LogP contribution in [0.3, 0.4) is 0 Å². The first kappa shape index (κ1) is 14.0. The molecule has 0 aliphatic rings. The van der Waals surface area contributed by atoms with E-state index in [1.807, 2.05) is 24.3 Å². The van der Waals surface area contributed by atoms with Crippen LogP contribution in [0.15, 0.2) is 34.8 Å². The topological polar surface area (TPSA) is 42.0 Å². The molecule has 0 unspecified atom stereocenters. The summed E-state index contributed by atoms with van der Waals surface area (Å²) in [5, 5.41) is 3.44. The first-order valence-electron chi connectivity index (χ1n) is 5.70. The maximum atomic E-state index is 11.9. The van der Waals surface area contributed by atoms with Gasteiger partial charge in [0, 0.05) is 9.35 Å². The fourth-order valence-electron chi connectivity index (χ4n) is 1.72. The van der Waals surface area contributed by atoms with Gasteiger partial charge in [0.1, 0.15) is 0 Å². The number of anilines is 1. The number of fused-ring (bicyclic) bond motifs is 1. The number of carbonyl (C=O) groups excluding carboxylic acids is 1. The Morgan fingerprint density at radius 3 is 2.90 bits per heavy atom. The third-order valence-corrected chi connectivity index (χ3v) is 5.22. The molecule has 0 fully saturated rings. The van der Waals surface area contributed by atoms with E-state index in [0.29, 0.717) is 15.9 Å². The molecule has 0 saturated heterocycles. The summed E-state index contributed by atoms with van der Waals surface area (Å²) in [5.74, 6) is -0.0818. The molecule has 3 nitrogen and oxygen atoms in total. The number of carbonyl (C=O) groups is 1. The normalized spacial score (nSPS) is 10.9. The van der Waals surface area contributed by atoms with E-state index in [2.05, 4.69) is 26.2 Å². The fourth-order valence-corrected chi connectivity index (χ4v) is 4.24. The molecule has 7 heteroatoms. The second-order valence-corrected chi connectivity index (χ2v) is 7.81. The van der Waals surface area contributed by atoms with Gasteiger partial charge in [-0.2, -0.15) is 0 Å². The second-order valence-electron chi connectivity index (χ2n) is 4.06. The van der Waals surface area contributed by atoms with E-state index in [1.54, 1.807) is 6.07 Å². The van der Waals surface area contributed by atoms with Gasteiger partial charge in [-0.25, -0.2) is 4.98 Å². The van der Waals surface area contributed by atoms with Crippen molar-refractivity contribution in [3.63, 3.8) is 0 Å². The van der Waals surface area contributed by atoms with E-state index in [0.717, 1.165) is 19.6 Å². The monoisotopic (exact) mass is 386 g/mol. The lowest BCUT2D eigenvalue weighted by Gasteiger charge is -1.98. The summed E-state index contributed by atoms with van der Waals surface area (Å²) in [6.07, 6.45) is 0.316. The highest BCUT2D eigenvalue weighted by Gasteiger charge is 2.10. The van der Waals surface area contributed by atoms with E-state index in [1.165, 1.54) is 22.7 Å². The van der Waals surface area contributed by atoms with Crippen molar-refractivity contribution in [1.29, 1.82) is 0 Å². The highest BCUT2D eigenvalue weighted by Crippen LogP contribution is 2.28. The predicted molar refractivity (Wildman–Crippen MR) is 89.0 cm³/mol. The zero-order valence-corrected chi connectivity index (χ0v) is 14.0. The number of amides is 1. The largest absolute Gasteiger partial charge is 0.302 e. The van der Waals surface area contributed by atoms with Gasteiger partial charge >= 0.3 is 0 Å². The molecule has 0 saturated carbocycles. The van der Waals surface area contributed by atoms with Crippen LogP contribution in [0.25, 0.3) is 10.2 Å². The van der Waals surface area contributed by atoms with Crippen molar-refractivity contribution in [1.82, 2.24) is 4.98 Å². The van der Waals surface area contributed by atoms with Gasteiger partial charge in [0.25, 0.3) is 0 Å². The third-order valence-electron chi connectivity index (χ3n) is 2.56. The minimum Gasteiger partial charge on any atom is -0.302 e. The summed E-state index contributed by atoms with van der Waals surface area (Å²) in [4.78, 5) is 17.3. The number of nitrogens with zero attached hydrogens (tertiary/aromatic N) is 1. The molecule has 0 aliphatic heterocycles. The molecule has 0 bridgehead atoms. The van der Waals surface area contributed by atoms with Crippen LogP contribution in [-0.4, -0.2) is 10.9 Å². The maximum Gasteiger partial charge on any atom is 0.231 e. The standard InChI is InChI=1S/C13H8BrClN2OS2/c14-7-1-3-9-10(5-7)20-13(16-9)17-12(18)6-8-2-4-11(15)19-8/h1-5H,6H2,(H,16,17,18). The molecule has 2 heterocycles. The number of rotatable bonds is 3. The molecule has 0 aliphatic carbocycles. The van der Waals surface area contributed by atoms with Gasteiger partial charge in [0.15, 0.2) is 5.13 Å². The molecule has 0 radical (unpaired) electrons. The van der Waals surface area contributed by atoms with Gasteiger partial charge in [-0.15, -0.1) is 11.3 Å². The Bertz CT molecular complexity index is 784. The summed E-state index contributed by atoms with van der Waals surface area (Å²) >= 11 is 12.1. The zero-order chi connectivity index (χ0) is 14.1. The van der Waals surface area contributed by atoms with E-state index in [4.69, 9.17) is 11.6 Å². The average Bonchev–Trinajstić information content (AvgIpc) is 2.94. The minimum atomic E-state index is -0.0818. The van der Waals surface area contributed by atoms with E-state index in [9.17, 15) is 4.79 Å². The molecule has 3 rings (SSSR count). The number of hydrogen-bond donors (Lipinski definition) is 1. The van der Waals surface area contributed by atoms with Gasteiger partial charge in [-0.1, -0.05) is 38.9 Å². The Kier molecular flexibility index (Phi) is 4.07. The van der Waals surface area contributed by atoms with Crippen molar-refractivity contribution >= 4 is 71.5 Å². The SMILES string of the molecule is O=C(Cc1ccc(Cl)s1)Nc1nc2ccc(Br)cc2s1. The average molecular weight is 388 g/mol. The molecule has 0 atom stereocenters. The van der Waals surface area contributed by atoms with Crippen molar-refractivity contribution in [2.24, 2.45) is 0 Å². The highest BCUT2D eigenvalue weighted by molar-refractivity contribution is 9.10. The van der Waals surface area contributed by atoms with Crippen LogP contribution in [0.1, 0.15) is 4.88 Å². The van der Waals surface area contributed by atoms with Crippen molar-refractivity contribution in [2.75, 3.05) is 5.32 Å². The number of thiazole rings is 1. The van der Waals surface area contributed by atoms with Gasteiger partial charge < -0.3 is 5.32 Å². The summed E-state index contributed by atoms with van der Waals surface area (Å²) in [6, 6.07) is 9.50. The molecule has 102 valence electrons. The Morgan fingerprint density at radius 2 is 2.15 bits per heavy atom. The van der Waals surface area contributed by atoms with Crippen molar-refractivity contribution in [2.45, 2.75) is 6.42 Å². The summed E-state index contributed by atoms with van der Waals surface area (Å²) in [5.41, 5.74) is 0.882. The first-order chi connectivity index (χ1) is 9.60. The molecule has 2 aromatic heterocycles. The van der Waals surface area contributed by atoms with Crippen LogP contribution in [-0.2, 0) is 11.2 Å². The van der Waals surface area contributed by atoms with Gasteiger partial charge in [0.05, 0.1) is 21.0 Å². The quantitative estimate of drug-likeness (QED) is 0.690. The molecule has 1 N–H and O–H groups in total. The molecule has 20 heavy (non-hydrogen) atoms. The number of halogens is 2. The van der Waals surface area contributed by atoms with Gasteiger partial charge in [0.2, 0.25) is 5.91 Å². The molecule has 0 spiro atoms. The summed E-state index contributed by atoms with van der Waals surface area (Å²) in [7, 11) is 0. The smallest absolute Gasteiger partial charge is 0.231 e.